The molecule has 1 saturated heterocycles. The van der Waals surface area contributed by atoms with Crippen LogP contribution in [0.5, 0.6) is 5.75 Å². The van der Waals surface area contributed by atoms with Crippen LogP contribution in [0.2, 0.25) is 0 Å². The number of hydrogen-bond donors (Lipinski definition) is 0. The van der Waals surface area contributed by atoms with Gasteiger partial charge in [-0.2, -0.15) is 13.5 Å². The molecule has 4 rings (SSSR count). The zero-order valence-corrected chi connectivity index (χ0v) is 18.3. The predicted octanol–water partition coefficient (Wildman–Crippen LogP) is 3.61. The molecule has 166 valence electrons. The van der Waals surface area contributed by atoms with Crippen LogP contribution in [-0.4, -0.2) is 43.7 Å². The van der Waals surface area contributed by atoms with Gasteiger partial charge in [0.15, 0.2) is 0 Å². The quantitative estimate of drug-likeness (QED) is 0.673. The zero-order valence-electron chi connectivity index (χ0n) is 17.3. The molecule has 1 atom stereocenters. The van der Waals surface area contributed by atoms with Gasteiger partial charge in [-0.25, -0.2) is 9.18 Å². The first-order valence-electron chi connectivity index (χ1n) is 10.0. The topological polar surface area (TPSA) is 65.1 Å². The molecule has 0 aromatic heterocycles. The van der Waals surface area contributed by atoms with E-state index in [1.165, 1.54) is 19.2 Å². The van der Waals surface area contributed by atoms with Crippen molar-refractivity contribution < 1.29 is 28.2 Å². The zero-order chi connectivity index (χ0) is 21.1. The highest BCUT2D eigenvalue weighted by atomic mass is 32.1. The van der Waals surface area contributed by atoms with Crippen molar-refractivity contribution in [1.29, 1.82) is 0 Å². The summed E-state index contributed by atoms with van der Waals surface area (Å²) in [7, 11) is 1.33. The summed E-state index contributed by atoms with van der Waals surface area (Å²) in [6.45, 7) is 1.69. The number of nitrogens with zero attached hydrogens (tertiary/aromatic N) is 1. The van der Waals surface area contributed by atoms with E-state index in [2.05, 4.69) is 0 Å². The van der Waals surface area contributed by atoms with E-state index in [1.54, 1.807) is 30.3 Å². The number of benzene rings is 2. The number of fused-ring (bicyclic) bond motifs is 1. The number of carbonyl (C=O) groups is 2. The molecule has 6 nitrogen and oxygen atoms in total. The van der Waals surface area contributed by atoms with Gasteiger partial charge in [0.05, 0.1) is 25.3 Å². The summed E-state index contributed by atoms with van der Waals surface area (Å²) < 4.78 is 29.7. The molecule has 1 fully saturated rings. The van der Waals surface area contributed by atoms with Gasteiger partial charge < -0.3 is 19.1 Å². The molecule has 8 heteroatoms. The number of amides is 1. The Balaban J connectivity index is 0.00000272. The summed E-state index contributed by atoms with van der Waals surface area (Å²) in [5.74, 6) is -0.302. The second-order valence-electron chi connectivity index (χ2n) is 7.55. The normalized spacial score (nSPS) is 18.8. The second kappa shape index (κ2) is 10.2. The van der Waals surface area contributed by atoms with E-state index in [0.29, 0.717) is 43.9 Å². The largest absolute Gasteiger partial charge is 0.491 e. The first-order valence-corrected chi connectivity index (χ1v) is 10.0. The van der Waals surface area contributed by atoms with Crippen molar-refractivity contribution in [3.8, 4) is 5.75 Å². The maximum Gasteiger partial charge on any atom is 0.337 e. The molecule has 2 aliphatic heterocycles. The molecule has 2 aromatic carbocycles. The van der Waals surface area contributed by atoms with E-state index in [1.807, 2.05) is 4.90 Å². The van der Waals surface area contributed by atoms with Crippen LogP contribution < -0.4 is 4.74 Å². The number of rotatable bonds is 3. The summed E-state index contributed by atoms with van der Waals surface area (Å²) in [4.78, 5) is 27.2. The summed E-state index contributed by atoms with van der Waals surface area (Å²) in [6, 6.07) is 10.9. The molecule has 0 radical (unpaired) electrons. The lowest BCUT2D eigenvalue weighted by molar-refractivity contribution is -0.142. The van der Waals surface area contributed by atoms with Crippen LogP contribution in [0.3, 0.4) is 0 Å². The lowest BCUT2D eigenvalue weighted by atomic mass is 9.96. The lowest BCUT2D eigenvalue weighted by Crippen LogP contribution is -2.41. The molecule has 2 heterocycles. The highest BCUT2D eigenvalue weighted by Gasteiger charge is 2.34. The van der Waals surface area contributed by atoms with Gasteiger partial charge in [0, 0.05) is 24.7 Å². The number of esters is 1. The SMILES string of the molecule is COC(=O)c1ccc2c(c1)OC[C@H](c1ccc(F)cc1)N(C(=O)C1CCOCC1)C2.S. The minimum absolute atomic E-state index is 0. The average molecular weight is 448 g/mol. The molecule has 0 aliphatic carbocycles. The summed E-state index contributed by atoms with van der Waals surface area (Å²) >= 11 is 0. The van der Waals surface area contributed by atoms with Crippen molar-refractivity contribution in [3.05, 3.63) is 65.0 Å². The third kappa shape index (κ3) is 5.02. The van der Waals surface area contributed by atoms with Crippen LogP contribution in [0.25, 0.3) is 0 Å². The third-order valence-electron chi connectivity index (χ3n) is 5.71. The van der Waals surface area contributed by atoms with Crippen molar-refractivity contribution >= 4 is 25.4 Å². The van der Waals surface area contributed by atoms with E-state index < -0.39 is 5.97 Å². The number of hydrogen-bond acceptors (Lipinski definition) is 5. The van der Waals surface area contributed by atoms with Crippen LogP contribution in [0.15, 0.2) is 42.5 Å². The van der Waals surface area contributed by atoms with Gasteiger partial charge in [-0.1, -0.05) is 18.2 Å². The second-order valence-corrected chi connectivity index (χ2v) is 7.55. The molecule has 0 N–H and O–H groups in total. The van der Waals surface area contributed by atoms with Gasteiger partial charge in [-0.3, -0.25) is 4.79 Å². The van der Waals surface area contributed by atoms with Crippen molar-refractivity contribution in [2.45, 2.75) is 25.4 Å². The van der Waals surface area contributed by atoms with E-state index in [4.69, 9.17) is 14.2 Å². The Morgan fingerprint density at radius 2 is 1.81 bits per heavy atom. The number of ether oxygens (including phenoxy) is 3. The van der Waals surface area contributed by atoms with Crippen molar-refractivity contribution in [2.24, 2.45) is 5.92 Å². The van der Waals surface area contributed by atoms with Crippen LogP contribution >= 0.6 is 13.5 Å². The Bertz CT molecular complexity index is 930. The molecule has 0 bridgehead atoms. The first-order chi connectivity index (χ1) is 14.6. The van der Waals surface area contributed by atoms with E-state index in [9.17, 15) is 14.0 Å². The summed E-state index contributed by atoms with van der Waals surface area (Å²) in [5, 5.41) is 0. The lowest BCUT2D eigenvalue weighted by Gasteiger charge is -2.34. The molecular weight excluding hydrogens is 421 g/mol. The maximum absolute atomic E-state index is 13.5. The van der Waals surface area contributed by atoms with Crippen LogP contribution in [0.1, 0.15) is 40.4 Å². The summed E-state index contributed by atoms with van der Waals surface area (Å²) in [6.07, 6.45) is 1.36. The summed E-state index contributed by atoms with van der Waals surface area (Å²) in [5.41, 5.74) is 2.00. The Labute approximate surface area is 187 Å². The minimum atomic E-state index is -0.448. The van der Waals surface area contributed by atoms with Crippen LogP contribution in [0.4, 0.5) is 4.39 Å². The van der Waals surface area contributed by atoms with Crippen LogP contribution in [0, 0.1) is 11.7 Å². The Hall–Kier alpha value is -2.58. The van der Waals surface area contributed by atoms with Crippen molar-refractivity contribution in [3.63, 3.8) is 0 Å². The highest BCUT2D eigenvalue weighted by Crippen LogP contribution is 2.34. The number of methoxy groups -OCH3 is 1. The molecule has 2 aliphatic rings. The van der Waals surface area contributed by atoms with Gasteiger partial charge in [-0.05, 0) is 42.7 Å². The standard InChI is InChI=1S/C23H24FNO5.H2S/c1-28-23(27)17-2-3-18-13-25(22(26)16-8-10-29-11-9-16)20(14-30-21(18)12-17)15-4-6-19(24)7-5-15;/h2-7,12,16,20H,8-11,13-14H2,1H3;1H2/t20-;/m1./s1. The maximum atomic E-state index is 13.5. The fourth-order valence-electron chi connectivity index (χ4n) is 3.99. The Morgan fingerprint density at radius 3 is 2.48 bits per heavy atom. The predicted molar refractivity (Wildman–Crippen MR) is 117 cm³/mol. The monoisotopic (exact) mass is 447 g/mol. The van der Waals surface area contributed by atoms with Gasteiger partial charge in [0.1, 0.15) is 18.2 Å². The Morgan fingerprint density at radius 1 is 1.10 bits per heavy atom. The fourth-order valence-corrected chi connectivity index (χ4v) is 3.99. The molecule has 31 heavy (non-hydrogen) atoms. The Kier molecular flexibility index (Phi) is 7.56. The third-order valence-corrected chi connectivity index (χ3v) is 5.71. The minimum Gasteiger partial charge on any atom is -0.491 e. The molecule has 0 unspecified atom stereocenters. The van der Waals surface area contributed by atoms with Gasteiger partial charge >= 0.3 is 5.97 Å². The fraction of sp³-hybridized carbons (Fsp3) is 0.391. The highest BCUT2D eigenvalue weighted by molar-refractivity contribution is 7.59. The molecule has 0 spiro atoms. The first kappa shape index (κ1) is 23.1. The van der Waals surface area contributed by atoms with Gasteiger partial charge in [0.25, 0.3) is 0 Å². The van der Waals surface area contributed by atoms with Crippen LogP contribution in [-0.2, 0) is 20.8 Å². The number of halogens is 1. The van der Waals surface area contributed by atoms with Crippen molar-refractivity contribution in [1.82, 2.24) is 4.90 Å². The molecular formula is C23H26FNO5S. The van der Waals surface area contributed by atoms with Gasteiger partial charge in [0.2, 0.25) is 5.91 Å². The number of carbonyl (C=O) groups excluding carboxylic acids is 2. The molecule has 0 saturated carbocycles. The van der Waals surface area contributed by atoms with Gasteiger partial charge in [-0.15, -0.1) is 0 Å². The van der Waals surface area contributed by atoms with E-state index in [0.717, 1.165) is 11.1 Å². The molecule has 2 aromatic rings. The van der Waals surface area contributed by atoms with E-state index >= 15 is 0 Å². The van der Waals surface area contributed by atoms with Crippen molar-refractivity contribution in [2.75, 3.05) is 26.9 Å². The smallest absolute Gasteiger partial charge is 0.337 e. The molecule has 1 amide bonds. The average Bonchev–Trinajstić information content (AvgIpc) is 2.98. The van der Waals surface area contributed by atoms with E-state index in [-0.39, 0.29) is 43.8 Å².